The van der Waals surface area contributed by atoms with Crippen molar-refractivity contribution >= 4 is 5.82 Å². The van der Waals surface area contributed by atoms with Crippen molar-refractivity contribution in [2.45, 2.75) is 13.0 Å². The Labute approximate surface area is 105 Å². The first-order chi connectivity index (χ1) is 8.72. The Morgan fingerprint density at radius 3 is 2.67 bits per heavy atom. The molecule has 0 spiro atoms. The molecule has 0 saturated carbocycles. The molecule has 0 saturated heterocycles. The number of nitrogens with two attached hydrogens (primary N) is 1. The summed E-state index contributed by atoms with van der Waals surface area (Å²) < 4.78 is 13.8. The van der Waals surface area contributed by atoms with Crippen LogP contribution in [0.4, 0.5) is 10.2 Å². The number of benzene rings is 1. The van der Waals surface area contributed by atoms with E-state index in [0.29, 0.717) is 12.2 Å². The summed E-state index contributed by atoms with van der Waals surface area (Å²) in [6.45, 7) is 1.95. The van der Waals surface area contributed by atoms with E-state index in [1.807, 2.05) is 30.3 Å². The van der Waals surface area contributed by atoms with Crippen LogP contribution in [0.2, 0.25) is 0 Å². The van der Waals surface area contributed by atoms with E-state index in [4.69, 9.17) is 5.73 Å². The molecule has 4 nitrogen and oxygen atoms in total. The smallest absolute Gasteiger partial charge is 0.186 e. The third-order valence-electron chi connectivity index (χ3n) is 2.71. The van der Waals surface area contributed by atoms with Crippen LogP contribution in [-0.4, -0.2) is 16.5 Å². The van der Waals surface area contributed by atoms with Gasteiger partial charge in [-0.25, -0.2) is 14.4 Å². The molecule has 1 aromatic heterocycles. The zero-order valence-electron chi connectivity index (χ0n) is 10.1. The Kier molecular flexibility index (Phi) is 3.84. The van der Waals surface area contributed by atoms with Crippen molar-refractivity contribution in [3.8, 4) is 0 Å². The van der Waals surface area contributed by atoms with Gasteiger partial charge in [-0.3, -0.25) is 0 Å². The Balaban J connectivity index is 2.24. The third kappa shape index (κ3) is 2.62. The van der Waals surface area contributed by atoms with Crippen LogP contribution in [0.5, 0.6) is 0 Å². The Morgan fingerprint density at radius 1 is 1.28 bits per heavy atom. The van der Waals surface area contributed by atoms with Crippen molar-refractivity contribution in [2.75, 3.05) is 11.9 Å². The predicted octanol–water partition coefficient (Wildman–Crippen LogP) is 2.04. The maximum Gasteiger partial charge on any atom is 0.186 e. The van der Waals surface area contributed by atoms with Crippen molar-refractivity contribution in [1.29, 1.82) is 0 Å². The van der Waals surface area contributed by atoms with Gasteiger partial charge in [0.15, 0.2) is 11.6 Å². The van der Waals surface area contributed by atoms with E-state index in [1.54, 1.807) is 6.92 Å². The fraction of sp³-hybridized carbons (Fsp3) is 0.231. The summed E-state index contributed by atoms with van der Waals surface area (Å²) in [5.74, 6) is -0.256. The second-order valence-electron chi connectivity index (χ2n) is 3.96. The first kappa shape index (κ1) is 12.4. The van der Waals surface area contributed by atoms with Gasteiger partial charge in [-0.2, -0.15) is 0 Å². The lowest BCUT2D eigenvalue weighted by atomic mass is 10.1. The molecule has 0 amide bonds. The monoisotopic (exact) mass is 246 g/mol. The van der Waals surface area contributed by atoms with Gasteiger partial charge in [0.25, 0.3) is 0 Å². The van der Waals surface area contributed by atoms with Gasteiger partial charge < -0.3 is 11.1 Å². The fourth-order valence-corrected chi connectivity index (χ4v) is 1.69. The number of rotatable bonds is 4. The maximum atomic E-state index is 13.8. The summed E-state index contributed by atoms with van der Waals surface area (Å²) in [5.41, 5.74) is 7.02. The second-order valence-corrected chi connectivity index (χ2v) is 3.96. The van der Waals surface area contributed by atoms with E-state index in [0.717, 1.165) is 5.56 Å². The largest absolute Gasteiger partial charge is 0.359 e. The summed E-state index contributed by atoms with van der Waals surface area (Å²) in [5, 5.41) is 3.00. The number of halogens is 1. The molecule has 0 fully saturated rings. The molecule has 3 N–H and O–H groups in total. The summed E-state index contributed by atoms with van der Waals surface area (Å²) in [7, 11) is 0. The van der Waals surface area contributed by atoms with Gasteiger partial charge in [-0.05, 0) is 12.5 Å². The third-order valence-corrected chi connectivity index (χ3v) is 2.71. The van der Waals surface area contributed by atoms with E-state index >= 15 is 0 Å². The van der Waals surface area contributed by atoms with Gasteiger partial charge in [-0.1, -0.05) is 30.3 Å². The van der Waals surface area contributed by atoms with E-state index < -0.39 is 5.82 Å². The highest BCUT2D eigenvalue weighted by Crippen LogP contribution is 2.19. The molecule has 2 rings (SSSR count). The zero-order valence-corrected chi connectivity index (χ0v) is 10.1. The number of aromatic nitrogens is 2. The van der Waals surface area contributed by atoms with Crippen LogP contribution in [0.15, 0.2) is 36.7 Å². The van der Waals surface area contributed by atoms with Gasteiger partial charge in [0.05, 0.1) is 11.7 Å². The molecular weight excluding hydrogens is 231 g/mol. The summed E-state index contributed by atoms with van der Waals surface area (Å²) in [6.07, 6.45) is 1.33. The summed E-state index contributed by atoms with van der Waals surface area (Å²) >= 11 is 0. The topological polar surface area (TPSA) is 63.8 Å². The molecule has 0 aliphatic rings. The van der Waals surface area contributed by atoms with Gasteiger partial charge in [0.2, 0.25) is 0 Å². The van der Waals surface area contributed by atoms with Crippen LogP contribution in [0, 0.1) is 12.7 Å². The first-order valence-corrected chi connectivity index (χ1v) is 5.71. The minimum absolute atomic E-state index is 0.171. The number of hydrogen-bond acceptors (Lipinski definition) is 4. The average Bonchev–Trinajstić information content (AvgIpc) is 2.41. The Morgan fingerprint density at radius 2 is 2.00 bits per heavy atom. The molecule has 1 atom stereocenters. The number of hydrogen-bond donors (Lipinski definition) is 2. The van der Waals surface area contributed by atoms with E-state index in [2.05, 4.69) is 15.3 Å². The van der Waals surface area contributed by atoms with Crippen LogP contribution in [0.1, 0.15) is 17.3 Å². The van der Waals surface area contributed by atoms with Gasteiger partial charge in [0.1, 0.15) is 6.33 Å². The number of aryl methyl sites for hydroxylation is 1. The van der Waals surface area contributed by atoms with E-state index in [9.17, 15) is 4.39 Å². The first-order valence-electron chi connectivity index (χ1n) is 5.71. The Hall–Kier alpha value is -2.01. The standard InChI is InChI=1S/C13H15FN4/c1-9-12(14)13(17-8-16-9)18-11(7-15)10-5-3-2-4-6-10/h2-6,8,11H,7,15H2,1H3,(H,16,17,18). The number of nitrogens with one attached hydrogen (secondary N) is 1. The number of anilines is 1. The number of nitrogens with zero attached hydrogens (tertiary/aromatic N) is 2. The lowest BCUT2D eigenvalue weighted by molar-refractivity contribution is 0.600. The summed E-state index contributed by atoms with van der Waals surface area (Å²) in [6, 6.07) is 9.47. The van der Waals surface area contributed by atoms with Crippen molar-refractivity contribution in [3.63, 3.8) is 0 Å². The molecule has 0 aliphatic carbocycles. The molecule has 0 radical (unpaired) electrons. The highest BCUT2D eigenvalue weighted by molar-refractivity contribution is 5.40. The van der Waals surface area contributed by atoms with Gasteiger partial charge in [-0.15, -0.1) is 0 Å². The molecule has 5 heteroatoms. The van der Waals surface area contributed by atoms with E-state index in [1.165, 1.54) is 6.33 Å². The van der Waals surface area contributed by atoms with Crippen molar-refractivity contribution in [1.82, 2.24) is 9.97 Å². The second kappa shape index (κ2) is 5.55. The van der Waals surface area contributed by atoms with Crippen molar-refractivity contribution in [2.24, 2.45) is 5.73 Å². The predicted molar refractivity (Wildman–Crippen MR) is 68.6 cm³/mol. The normalized spacial score (nSPS) is 12.2. The lowest BCUT2D eigenvalue weighted by Gasteiger charge is -2.18. The Bertz CT molecular complexity index is 516. The molecule has 2 aromatic rings. The average molecular weight is 246 g/mol. The zero-order chi connectivity index (χ0) is 13.0. The molecule has 0 aliphatic heterocycles. The van der Waals surface area contributed by atoms with Crippen LogP contribution >= 0.6 is 0 Å². The molecule has 0 bridgehead atoms. The van der Waals surface area contributed by atoms with Gasteiger partial charge >= 0.3 is 0 Å². The van der Waals surface area contributed by atoms with Crippen molar-refractivity contribution in [3.05, 3.63) is 53.7 Å². The van der Waals surface area contributed by atoms with Crippen LogP contribution in [-0.2, 0) is 0 Å². The molecule has 18 heavy (non-hydrogen) atoms. The van der Waals surface area contributed by atoms with Gasteiger partial charge in [0, 0.05) is 6.54 Å². The molecule has 1 unspecified atom stereocenters. The van der Waals surface area contributed by atoms with E-state index in [-0.39, 0.29) is 11.9 Å². The van der Waals surface area contributed by atoms with Crippen molar-refractivity contribution < 1.29 is 4.39 Å². The molecule has 94 valence electrons. The van der Waals surface area contributed by atoms with Crippen LogP contribution in [0.3, 0.4) is 0 Å². The SMILES string of the molecule is Cc1ncnc(NC(CN)c2ccccc2)c1F. The lowest BCUT2D eigenvalue weighted by Crippen LogP contribution is -2.22. The maximum absolute atomic E-state index is 13.8. The van der Waals surface area contributed by atoms with Crippen LogP contribution < -0.4 is 11.1 Å². The highest BCUT2D eigenvalue weighted by Gasteiger charge is 2.13. The highest BCUT2D eigenvalue weighted by atomic mass is 19.1. The quantitative estimate of drug-likeness (QED) is 0.866. The molecule has 1 aromatic carbocycles. The minimum Gasteiger partial charge on any atom is -0.359 e. The fourth-order valence-electron chi connectivity index (χ4n) is 1.69. The minimum atomic E-state index is -0.438. The molecular formula is C13H15FN4. The van der Waals surface area contributed by atoms with Crippen LogP contribution in [0.25, 0.3) is 0 Å². The summed E-state index contributed by atoms with van der Waals surface area (Å²) in [4.78, 5) is 7.69. The molecule has 1 heterocycles.